The normalized spacial score (nSPS) is 12.6. The van der Waals surface area contributed by atoms with Gasteiger partial charge in [0.15, 0.2) is 0 Å². The molecule has 0 aromatic carbocycles. The molecule has 0 saturated heterocycles. The van der Waals surface area contributed by atoms with Crippen LogP contribution in [0.15, 0.2) is 42.9 Å². The minimum Gasteiger partial charge on any atom is -0.367 e. The van der Waals surface area contributed by atoms with Crippen LogP contribution in [0.1, 0.15) is 17.2 Å². The third-order valence-corrected chi connectivity index (χ3v) is 2.30. The second-order valence-electron chi connectivity index (χ2n) is 3.19. The van der Waals surface area contributed by atoms with E-state index >= 15 is 0 Å². The van der Waals surface area contributed by atoms with Crippen LogP contribution in [-0.2, 0) is 0 Å². The van der Waals surface area contributed by atoms with Gasteiger partial charge in [0.1, 0.15) is 0 Å². The first-order chi connectivity index (χ1) is 6.92. The lowest BCUT2D eigenvalue weighted by Crippen LogP contribution is -2.14. The molecule has 3 N–H and O–H groups in total. The monoisotopic (exact) mass is 187 g/mol. The number of aromatic nitrogens is 2. The Labute approximate surface area is 83.0 Å². The highest BCUT2D eigenvalue weighted by Crippen LogP contribution is 2.20. The maximum absolute atomic E-state index is 5.74. The predicted octanol–water partition coefficient (Wildman–Crippen LogP) is 1.50. The van der Waals surface area contributed by atoms with E-state index in [9.17, 15) is 0 Å². The maximum Gasteiger partial charge on any atom is 0.0491 e. The van der Waals surface area contributed by atoms with Crippen LogP contribution in [0.2, 0.25) is 0 Å². The minimum atomic E-state index is 0.197. The van der Waals surface area contributed by atoms with Gasteiger partial charge in [-0.2, -0.15) is 0 Å². The van der Waals surface area contributed by atoms with E-state index in [4.69, 9.17) is 5.73 Å². The molecule has 14 heavy (non-hydrogen) atoms. The van der Waals surface area contributed by atoms with Crippen molar-refractivity contribution in [1.82, 2.24) is 9.97 Å². The first-order valence-electron chi connectivity index (χ1n) is 4.65. The Hall–Kier alpha value is -1.61. The average Bonchev–Trinajstić information content (AvgIpc) is 2.74. The molecule has 1 unspecified atom stereocenters. The van der Waals surface area contributed by atoms with Crippen LogP contribution in [0.3, 0.4) is 0 Å². The summed E-state index contributed by atoms with van der Waals surface area (Å²) in [5, 5.41) is 0. The van der Waals surface area contributed by atoms with Crippen molar-refractivity contribution in [3.63, 3.8) is 0 Å². The summed E-state index contributed by atoms with van der Waals surface area (Å²) in [4.78, 5) is 7.34. The molecular weight excluding hydrogens is 174 g/mol. The van der Waals surface area contributed by atoms with Crippen molar-refractivity contribution in [2.45, 2.75) is 5.92 Å². The zero-order chi connectivity index (χ0) is 9.80. The van der Waals surface area contributed by atoms with Crippen LogP contribution in [0.25, 0.3) is 0 Å². The summed E-state index contributed by atoms with van der Waals surface area (Å²) in [5.74, 6) is 0.197. The molecule has 0 radical (unpaired) electrons. The molecule has 3 heteroatoms. The molecule has 0 aliphatic heterocycles. The lowest BCUT2D eigenvalue weighted by atomic mass is 9.98. The molecule has 72 valence electrons. The molecule has 2 rings (SSSR count). The van der Waals surface area contributed by atoms with Gasteiger partial charge in [0.25, 0.3) is 0 Å². The lowest BCUT2D eigenvalue weighted by Gasteiger charge is -2.11. The van der Waals surface area contributed by atoms with Crippen LogP contribution in [0.4, 0.5) is 0 Å². The summed E-state index contributed by atoms with van der Waals surface area (Å²) >= 11 is 0. The molecule has 2 aromatic heterocycles. The van der Waals surface area contributed by atoms with Gasteiger partial charge in [-0.05, 0) is 23.8 Å². The molecule has 0 saturated carbocycles. The molecule has 0 aliphatic carbocycles. The maximum atomic E-state index is 5.74. The van der Waals surface area contributed by atoms with Gasteiger partial charge >= 0.3 is 0 Å². The molecule has 2 heterocycles. The number of nitrogens with one attached hydrogen (secondary N) is 1. The van der Waals surface area contributed by atoms with Gasteiger partial charge < -0.3 is 10.7 Å². The van der Waals surface area contributed by atoms with E-state index in [2.05, 4.69) is 9.97 Å². The largest absolute Gasteiger partial charge is 0.367 e. The Bertz CT molecular complexity index is 367. The summed E-state index contributed by atoms with van der Waals surface area (Å²) in [6.45, 7) is 0.578. The van der Waals surface area contributed by atoms with Gasteiger partial charge in [0, 0.05) is 36.7 Å². The highest BCUT2D eigenvalue weighted by Gasteiger charge is 2.12. The average molecular weight is 187 g/mol. The van der Waals surface area contributed by atoms with Gasteiger partial charge in [0.05, 0.1) is 0 Å². The molecule has 0 bridgehead atoms. The Morgan fingerprint density at radius 3 is 2.86 bits per heavy atom. The van der Waals surface area contributed by atoms with Crippen molar-refractivity contribution < 1.29 is 0 Å². The Kier molecular flexibility index (Phi) is 2.60. The third-order valence-electron chi connectivity index (χ3n) is 2.30. The van der Waals surface area contributed by atoms with Crippen molar-refractivity contribution in [2.24, 2.45) is 5.73 Å². The van der Waals surface area contributed by atoms with Crippen LogP contribution in [-0.4, -0.2) is 16.5 Å². The fourth-order valence-electron chi connectivity index (χ4n) is 1.56. The van der Waals surface area contributed by atoms with Crippen LogP contribution < -0.4 is 5.73 Å². The van der Waals surface area contributed by atoms with Crippen molar-refractivity contribution in [2.75, 3.05) is 6.54 Å². The second-order valence-corrected chi connectivity index (χ2v) is 3.19. The number of aromatic amines is 1. The topological polar surface area (TPSA) is 54.7 Å². The van der Waals surface area contributed by atoms with E-state index in [0.29, 0.717) is 6.54 Å². The molecule has 1 atom stereocenters. The summed E-state index contributed by atoms with van der Waals surface area (Å²) in [6, 6.07) is 7.93. The quantitative estimate of drug-likeness (QED) is 0.765. The van der Waals surface area contributed by atoms with Gasteiger partial charge in [-0.15, -0.1) is 0 Å². The molecular formula is C11H13N3. The summed E-state index contributed by atoms with van der Waals surface area (Å²) in [5.41, 5.74) is 7.95. The van der Waals surface area contributed by atoms with Gasteiger partial charge in [-0.25, -0.2) is 0 Å². The van der Waals surface area contributed by atoms with E-state index in [1.165, 1.54) is 5.56 Å². The van der Waals surface area contributed by atoms with Crippen molar-refractivity contribution >= 4 is 0 Å². The van der Waals surface area contributed by atoms with E-state index in [-0.39, 0.29) is 5.92 Å². The number of nitrogens with zero attached hydrogens (tertiary/aromatic N) is 1. The highest BCUT2D eigenvalue weighted by molar-refractivity contribution is 5.26. The minimum absolute atomic E-state index is 0.197. The molecule has 0 amide bonds. The lowest BCUT2D eigenvalue weighted by molar-refractivity contribution is 0.788. The summed E-state index contributed by atoms with van der Waals surface area (Å²) < 4.78 is 0. The van der Waals surface area contributed by atoms with Crippen molar-refractivity contribution in [3.8, 4) is 0 Å². The number of pyridine rings is 1. The van der Waals surface area contributed by atoms with Crippen molar-refractivity contribution in [1.29, 1.82) is 0 Å². The number of hydrogen-bond donors (Lipinski definition) is 2. The first-order valence-corrected chi connectivity index (χ1v) is 4.65. The molecule has 2 aromatic rings. The number of nitrogens with two attached hydrogens (primary N) is 1. The fraction of sp³-hybridized carbons (Fsp3) is 0.182. The zero-order valence-electron chi connectivity index (χ0n) is 7.85. The smallest absolute Gasteiger partial charge is 0.0491 e. The molecule has 3 nitrogen and oxygen atoms in total. The highest BCUT2D eigenvalue weighted by atomic mass is 14.7. The van der Waals surface area contributed by atoms with Gasteiger partial charge in [-0.1, -0.05) is 6.07 Å². The second kappa shape index (κ2) is 4.07. The van der Waals surface area contributed by atoms with E-state index in [0.717, 1.165) is 5.69 Å². The van der Waals surface area contributed by atoms with Crippen molar-refractivity contribution in [3.05, 3.63) is 54.1 Å². The van der Waals surface area contributed by atoms with E-state index in [1.807, 2.05) is 36.7 Å². The van der Waals surface area contributed by atoms with E-state index < -0.39 is 0 Å². The summed E-state index contributed by atoms with van der Waals surface area (Å²) in [6.07, 6.45) is 5.66. The number of rotatable bonds is 3. The Morgan fingerprint density at radius 1 is 1.36 bits per heavy atom. The Morgan fingerprint density at radius 2 is 2.29 bits per heavy atom. The fourth-order valence-corrected chi connectivity index (χ4v) is 1.56. The Balaban J connectivity index is 2.31. The van der Waals surface area contributed by atoms with Gasteiger partial charge in [-0.3, -0.25) is 4.98 Å². The van der Waals surface area contributed by atoms with E-state index in [1.54, 1.807) is 6.20 Å². The predicted molar refractivity (Wildman–Crippen MR) is 55.9 cm³/mol. The zero-order valence-corrected chi connectivity index (χ0v) is 7.85. The van der Waals surface area contributed by atoms with Crippen LogP contribution in [0, 0.1) is 0 Å². The number of hydrogen-bond acceptors (Lipinski definition) is 2. The summed E-state index contributed by atoms with van der Waals surface area (Å²) in [7, 11) is 0. The third kappa shape index (κ3) is 1.67. The molecule has 0 spiro atoms. The van der Waals surface area contributed by atoms with Crippen LogP contribution >= 0.6 is 0 Å². The van der Waals surface area contributed by atoms with Gasteiger partial charge in [0.2, 0.25) is 0 Å². The first kappa shape index (κ1) is 8.97. The molecule has 0 aliphatic rings. The molecule has 0 fully saturated rings. The standard InChI is InChI=1S/C11H13N3/c12-7-10(9-4-6-13-8-9)11-3-1-2-5-14-11/h1-6,8,10,13H,7,12H2. The van der Waals surface area contributed by atoms with Crippen LogP contribution in [0.5, 0.6) is 0 Å². The SMILES string of the molecule is NCC(c1cc[nH]c1)c1ccccn1. The number of H-pyrrole nitrogens is 1.